The van der Waals surface area contributed by atoms with E-state index in [1.165, 1.54) is 0 Å². The number of carbonyl (C=O) groups excluding carboxylic acids is 2. The molecule has 2 amide bonds. The summed E-state index contributed by atoms with van der Waals surface area (Å²) < 4.78 is 0. The van der Waals surface area contributed by atoms with Crippen LogP contribution in [-0.2, 0) is 9.59 Å². The van der Waals surface area contributed by atoms with Gasteiger partial charge in [-0.3, -0.25) is 9.59 Å². The monoisotopic (exact) mass is 346 g/mol. The summed E-state index contributed by atoms with van der Waals surface area (Å²) in [5.41, 5.74) is 1.10. The van der Waals surface area contributed by atoms with Crippen LogP contribution < -0.4 is 5.32 Å². The van der Waals surface area contributed by atoms with Gasteiger partial charge in [0, 0.05) is 36.0 Å². The number of piperidine rings is 1. The molecular formula is C19H23ClN2O2. The van der Waals surface area contributed by atoms with Crippen LogP contribution in [0.15, 0.2) is 24.3 Å². The zero-order valence-corrected chi connectivity index (χ0v) is 14.5. The molecule has 0 bridgehead atoms. The molecule has 1 aromatic carbocycles. The molecule has 4 rings (SSSR count). The van der Waals surface area contributed by atoms with Gasteiger partial charge in [0.2, 0.25) is 11.8 Å². The van der Waals surface area contributed by atoms with E-state index in [0.29, 0.717) is 0 Å². The number of halogens is 1. The third-order valence-corrected chi connectivity index (χ3v) is 5.86. The molecule has 0 aromatic heterocycles. The molecule has 0 radical (unpaired) electrons. The Morgan fingerprint density at radius 1 is 1.08 bits per heavy atom. The highest BCUT2D eigenvalue weighted by molar-refractivity contribution is 6.31. The van der Waals surface area contributed by atoms with Gasteiger partial charge in [0.1, 0.15) is 0 Å². The van der Waals surface area contributed by atoms with Crippen molar-refractivity contribution in [2.24, 2.45) is 11.8 Å². The molecule has 0 unspecified atom stereocenters. The minimum Gasteiger partial charge on any atom is -0.353 e. The van der Waals surface area contributed by atoms with Crippen molar-refractivity contribution in [2.75, 3.05) is 13.1 Å². The van der Waals surface area contributed by atoms with Crippen molar-refractivity contribution >= 4 is 23.4 Å². The first-order chi connectivity index (χ1) is 11.6. The summed E-state index contributed by atoms with van der Waals surface area (Å²) in [6.45, 7) is 1.50. The van der Waals surface area contributed by atoms with Crippen LogP contribution in [0.2, 0.25) is 5.02 Å². The summed E-state index contributed by atoms with van der Waals surface area (Å²) in [7, 11) is 0. The molecule has 0 spiro atoms. The fraction of sp³-hybridized carbons (Fsp3) is 0.579. The SMILES string of the molecule is O=C(NC1CCN(C(=O)[C@@H]2C[C@@H]2c2ccccc2Cl)CC1)C1CC1. The van der Waals surface area contributed by atoms with Crippen molar-refractivity contribution in [1.82, 2.24) is 10.2 Å². The Kier molecular flexibility index (Phi) is 4.25. The highest BCUT2D eigenvalue weighted by Gasteiger charge is 2.47. The summed E-state index contributed by atoms with van der Waals surface area (Å²) in [6, 6.07) is 8.06. The van der Waals surface area contributed by atoms with Crippen LogP contribution in [0.1, 0.15) is 43.6 Å². The molecule has 24 heavy (non-hydrogen) atoms. The number of nitrogens with one attached hydrogen (secondary N) is 1. The molecule has 1 heterocycles. The summed E-state index contributed by atoms with van der Waals surface area (Å²) >= 11 is 6.25. The lowest BCUT2D eigenvalue weighted by Gasteiger charge is -2.32. The van der Waals surface area contributed by atoms with Crippen LogP contribution in [0.25, 0.3) is 0 Å². The van der Waals surface area contributed by atoms with E-state index in [0.717, 1.165) is 55.8 Å². The number of likely N-dealkylation sites (tertiary alicyclic amines) is 1. The standard InChI is InChI=1S/C19H23ClN2O2/c20-17-4-2-1-3-14(17)15-11-16(15)19(24)22-9-7-13(8-10-22)21-18(23)12-5-6-12/h1-4,12-13,15-16H,5-11H2,(H,21,23)/t15-,16-/m1/s1. The Morgan fingerprint density at radius 3 is 2.46 bits per heavy atom. The number of benzene rings is 1. The average Bonchev–Trinajstić information content (AvgIpc) is 3.48. The van der Waals surface area contributed by atoms with Gasteiger partial charge < -0.3 is 10.2 Å². The summed E-state index contributed by atoms with van der Waals surface area (Å²) in [5.74, 6) is 1.08. The molecule has 1 saturated heterocycles. The predicted molar refractivity (Wildman–Crippen MR) is 92.8 cm³/mol. The lowest BCUT2D eigenvalue weighted by atomic mass is 10.0. The van der Waals surface area contributed by atoms with E-state index < -0.39 is 0 Å². The molecule has 2 aliphatic carbocycles. The molecule has 3 aliphatic rings. The van der Waals surface area contributed by atoms with Crippen molar-refractivity contribution < 1.29 is 9.59 Å². The normalized spacial score (nSPS) is 27.0. The summed E-state index contributed by atoms with van der Waals surface area (Å²) in [4.78, 5) is 26.5. The Labute approximate surface area is 147 Å². The van der Waals surface area contributed by atoms with E-state index in [1.54, 1.807) is 0 Å². The van der Waals surface area contributed by atoms with E-state index in [9.17, 15) is 9.59 Å². The maximum atomic E-state index is 12.7. The lowest BCUT2D eigenvalue weighted by molar-refractivity contribution is -0.133. The lowest BCUT2D eigenvalue weighted by Crippen LogP contribution is -2.47. The second-order valence-electron chi connectivity index (χ2n) is 7.35. The Hall–Kier alpha value is -1.55. The van der Waals surface area contributed by atoms with E-state index in [4.69, 9.17) is 11.6 Å². The summed E-state index contributed by atoms with van der Waals surface area (Å²) in [5, 5.41) is 3.90. The van der Waals surface area contributed by atoms with Crippen molar-refractivity contribution in [3.63, 3.8) is 0 Å². The van der Waals surface area contributed by atoms with Crippen molar-refractivity contribution in [2.45, 2.75) is 44.1 Å². The van der Waals surface area contributed by atoms with Crippen LogP contribution in [0, 0.1) is 11.8 Å². The number of hydrogen-bond donors (Lipinski definition) is 1. The molecule has 4 nitrogen and oxygen atoms in total. The molecule has 1 N–H and O–H groups in total. The number of amides is 2. The molecular weight excluding hydrogens is 324 g/mol. The van der Waals surface area contributed by atoms with Crippen LogP contribution in [-0.4, -0.2) is 35.8 Å². The van der Waals surface area contributed by atoms with Gasteiger partial charge in [-0.15, -0.1) is 0 Å². The van der Waals surface area contributed by atoms with Crippen LogP contribution >= 0.6 is 11.6 Å². The number of carbonyl (C=O) groups is 2. The maximum absolute atomic E-state index is 12.7. The fourth-order valence-electron chi connectivity index (χ4n) is 3.73. The van der Waals surface area contributed by atoms with Crippen LogP contribution in [0.3, 0.4) is 0 Å². The van der Waals surface area contributed by atoms with Crippen molar-refractivity contribution in [3.05, 3.63) is 34.9 Å². The maximum Gasteiger partial charge on any atom is 0.226 e. The molecule has 1 aromatic rings. The van der Waals surface area contributed by atoms with Gasteiger partial charge in [-0.25, -0.2) is 0 Å². The zero-order valence-electron chi connectivity index (χ0n) is 13.7. The van der Waals surface area contributed by atoms with Crippen LogP contribution in [0.4, 0.5) is 0 Å². The highest BCUT2D eigenvalue weighted by Crippen LogP contribution is 2.50. The van der Waals surface area contributed by atoms with Gasteiger partial charge in [-0.2, -0.15) is 0 Å². The molecule has 5 heteroatoms. The Bertz CT molecular complexity index is 651. The second-order valence-corrected chi connectivity index (χ2v) is 7.76. The first-order valence-electron chi connectivity index (χ1n) is 8.97. The van der Waals surface area contributed by atoms with Gasteiger partial charge in [0.05, 0.1) is 0 Å². The average molecular weight is 347 g/mol. The van der Waals surface area contributed by atoms with Gasteiger partial charge in [-0.1, -0.05) is 29.8 Å². The zero-order chi connectivity index (χ0) is 16.7. The quantitative estimate of drug-likeness (QED) is 0.911. The van der Waals surface area contributed by atoms with Gasteiger partial charge >= 0.3 is 0 Å². The number of rotatable bonds is 4. The molecule has 3 fully saturated rings. The first kappa shape index (κ1) is 15.9. The smallest absolute Gasteiger partial charge is 0.226 e. The molecule has 2 atom stereocenters. The van der Waals surface area contributed by atoms with E-state index in [2.05, 4.69) is 5.32 Å². The second kappa shape index (κ2) is 6.40. The van der Waals surface area contributed by atoms with Gasteiger partial charge in [0.15, 0.2) is 0 Å². The largest absolute Gasteiger partial charge is 0.353 e. The minimum absolute atomic E-state index is 0.0857. The van der Waals surface area contributed by atoms with Gasteiger partial charge in [0.25, 0.3) is 0 Å². The predicted octanol–water partition coefficient (Wildman–Crippen LogP) is 2.96. The van der Waals surface area contributed by atoms with Gasteiger partial charge in [-0.05, 0) is 49.7 Å². The van der Waals surface area contributed by atoms with E-state index >= 15 is 0 Å². The minimum atomic E-state index is 0.0857. The number of nitrogens with zero attached hydrogens (tertiary/aromatic N) is 1. The molecule has 1 aliphatic heterocycles. The van der Waals surface area contributed by atoms with Crippen LogP contribution in [0.5, 0.6) is 0 Å². The Balaban J connectivity index is 1.28. The first-order valence-corrected chi connectivity index (χ1v) is 9.35. The summed E-state index contributed by atoms with van der Waals surface area (Å²) in [6.07, 6.45) is 4.71. The fourth-order valence-corrected chi connectivity index (χ4v) is 4.01. The number of hydrogen-bond acceptors (Lipinski definition) is 2. The third kappa shape index (κ3) is 3.30. The molecule has 128 valence electrons. The van der Waals surface area contributed by atoms with Crippen molar-refractivity contribution in [3.8, 4) is 0 Å². The van der Waals surface area contributed by atoms with Crippen molar-refractivity contribution in [1.29, 1.82) is 0 Å². The topological polar surface area (TPSA) is 49.4 Å². The molecule has 2 saturated carbocycles. The third-order valence-electron chi connectivity index (χ3n) is 5.51. The highest BCUT2D eigenvalue weighted by atomic mass is 35.5. The Morgan fingerprint density at radius 2 is 1.79 bits per heavy atom. The van der Waals surface area contributed by atoms with E-state index in [1.807, 2.05) is 29.2 Å². The van der Waals surface area contributed by atoms with E-state index in [-0.39, 0.29) is 35.6 Å².